The topological polar surface area (TPSA) is 196 Å². The van der Waals surface area contributed by atoms with Crippen molar-refractivity contribution in [3.05, 3.63) is 29.8 Å². The molecule has 12 heteroatoms. The number of hydrogen-bond donors (Lipinski definition) is 5. The number of primary amides is 1. The zero-order valence-electron chi connectivity index (χ0n) is 19.3. The fourth-order valence-corrected chi connectivity index (χ4v) is 4.62. The van der Waals surface area contributed by atoms with Crippen LogP contribution in [-0.2, 0) is 30.4 Å². The third-order valence-corrected chi connectivity index (χ3v) is 6.39. The Morgan fingerprint density at radius 3 is 2.20 bits per heavy atom. The number of carboxylic acids is 1. The van der Waals surface area contributed by atoms with Gasteiger partial charge in [0.05, 0.1) is 12.5 Å². The summed E-state index contributed by atoms with van der Waals surface area (Å²) in [5.41, 5.74) is 11.5. The molecule has 0 aliphatic carbocycles. The molecule has 4 atom stereocenters. The number of phenolic OH excluding ortho intramolecular Hbond substituents is 1. The van der Waals surface area contributed by atoms with Gasteiger partial charge in [0.2, 0.25) is 23.6 Å². The largest absolute Gasteiger partial charge is 0.508 e. The van der Waals surface area contributed by atoms with Crippen molar-refractivity contribution in [1.82, 2.24) is 15.1 Å². The molecule has 4 amide bonds. The molecule has 2 aliphatic heterocycles. The highest BCUT2D eigenvalue weighted by Crippen LogP contribution is 2.26. The Morgan fingerprint density at radius 1 is 1.00 bits per heavy atom. The van der Waals surface area contributed by atoms with Gasteiger partial charge in [0, 0.05) is 19.5 Å². The van der Waals surface area contributed by atoms with Gasteiger partial charge in [0.25, 0.3) is 0 Å². The summed E-state index contributed by atoms with van der Waals surface area (Å²) in [6.07, 6.45) is 1.51. The van der Waals surface area contributed by atoms with Gasteiger partial charge >= 0.3 is 5.97 Å². The minimum Gasteiger partial charge on any atom is -0.508 e. The monoisotopic (exact) mass is 489 g/mol. The lowest BCUT2D eigenvalue weighted by Gasteiger charge is -2.32. The van der Waals surface area contributed by atoms with Gasteiger partial charge in [-0.25, -0.2) is 4.79 Å². The highest BCUT2D eigenvalue weighted by Gasteiger charge is 2.43. The Morgan fingerprint density at radius 2 is 1.60 bits per heavy atom. The number of rotatable bonds is 9. The van der Waals surface area contributed by atoms with Crippen LogP contribution in [0.25, 0.3) is 0 Å². The summed E-state index contributed by atoms with van der Waals surface area (Å²) in [5, 5.41) is 21.6. The van der Waals surface area contributed by atoms with Gasteiger partial charge in [-0.3, -0.25) is 19.2 Å². The van der Waals surface area contributed by atoms with Crippen LogP contribution in [0.5, 0.6) is 5.75 Å². The molecule has 1 aromatic rings. The molecular formula is C23H31N5O7. The molecule has 0 bridgehead atoms. The number of carbonyl (C=O) groups is 5. The second-order valence-corrected chi connectivity index (χ2v) is 8.93. The van der Waals surface area contributed by atoms with E-state index < -0.39 is 60.2 Å². The minimum atomic E-state index is -1.25. The van der Waals surface area contributed by atoms with E-state index in [9.17, 15) is 34.2 Å². The summed E-state index contributed by atoms with van der Waals surface area (Å²) in [5.74, 6) is -3.48. The molecule has 190 valence electrons. The molecule has 2 aliphatic rings. The molecular weight excluding hydrogens is 458 g/mol. The number of aromatic hydroxyl groups is 1. The van der Waals surface area contributed by atoms with Gasteiger partial charge in [-0.2, -0.15) is 0 Å². The first-order valence-corrected chi connectivity index (χ1v) is 11.5. The van der Waals surface area contributed by atoms with Crippen molar-refractivity contribution >= 4 is 29.6 Å². The van der Waals surface area contributed by atoms with Crippen LogP contribution in [0, 0.1) is 0 Å². The number of carboxylic acid groups (broad SMARTS) is 1. The van der Waals surface area contributed by atoms with Gasteiger partial charge < -0.3 is 36.8 Å². The van der Waals surface area contributed by atoms with E-state index in [1.165, 1.54) is 21.9 Å². The maximum Gasteiger partial charge on any atom is 0.326 e. The van der Waals surface area contributed by atoms with E-state index in [0.717, 1.165) is 0 Å². The van der Waals surface area contributed by atoms with Crippen molar-refractivity contribution in [2.75, 3.05) is 13.1 Å². The lowest BCUT2D eigenvalue weighted by atomic mass is 10.0. The number of phenols is 1. The minimum absolute atomic E-state index is 0.0351. The Kier molecular flexibility index (Phi) is 8.28. The van der Waals surface area contributed by atoms with Crippen molar-refractivity contribution in [2.24, 2.45) is 11.5 Å². The predicted molar refractivity (Wildman–Crippen MR) is 123 cm³/mol. The molecule has 3 rings (SSSR count). The second-order valence-electron chi connectivity index (χ2n) is 8.93. The fourth-order valence-electron chi connectivity index (χ4n) is 4.62. The van der Waals surface area contributed by atoms with Gasteiger partial charge in [0.1, 0.15) is 23.9 Å². The molecule has 1 aromatic carbocycles. The first-order chi connectivity index (χ1) is 16.6. The first kappa shape index (κ1) is 25.9. The Labute approximate surface area is 202 Å². The summed E-state index contributed by atoms with van der Waals surface area (Å²) in [6, 6.07) is 1.98. The quantitative estimate of drug-likeness (QED) is 0.282. The van der Waals surface area contributed by atoms with Crippen LogP contribution in [0.4, 0.5) is 0 Å². The summed E-state index contributed by atoms with van der Waals surface area (Å²) >= 11 is 0. The van der Waals surface area contributed by atoms with Crippen molar-refractivity contribution in [3.8, 4) is 5.75 Å². The highest BCUT2D eigenvalue weighted by molar-refractivity contribution is 5.95. The third-order valence-electron chi connectivity index (χ3n) is 6.39. The predicted octanol–water partition coefficient (Wildman–Crippen LogP) is -1.31. The number of nitrogens with two attached hydrogens (primary N) is 2. The van der Waals surface area contributed by atoms with Gasteiger partial charge in [-0.15, -0.1) is 0 Å². The number of likely N-dealkylation sites (tertiary alicyclic amines) is 2. The molecule has 7 N–H and O–H groups in total. The van der Waals surface area contributed by atoms with E-state index in [0.29, 0.717) is 37.8 Å². The molecule has 2 saturated heterocycles. The van der Waals surface area contributed by atoms with Gasteiger partial charge in [0.15, 0.2) is 0 Å². The first-order valence-electron chi connectivity index (χ1n) is 11.5. The summed E-state index contributed by atoms with van der Waals surface area (Å²) < 4.78 is 0. The molecule has 4 unspecified atom stereocenters. The van der Waals surface area contributed by atoms with E-state index in [-0.39, 0.29) is 18.7 Å². The maximum absolute atomic E-state index is 13.6. The molecule has 12 nitrogen and oxygen atoms in total. The average molecular weight is 490 g/mol. The number of nitrogens with one attached hydrogen (secondary N) is 1. The number of aliphatic carboxylic acids is 1. The highest BCUT2D eigenvalue weighted by atomic mass is 16.4. The lowest BCUT2D eigenvalue weighted by molar-refractivity contribution is -0.152. The maximum atomic E-state index is 13.6. The van der Waals surface area contributed by atoms with Gasteiger partial charge in [-0.05, 0) is 43.4 Å². The molecule has 35 heavy (non-hydrogen) atoms. The zero-order valence-corrected chi connectivity index (χ0v) is 19.3. The van der Waals surface area contributed by atoms with E-state index >= 15 is 0 Å². The number of hydrogen-bond acceptors (Lipinski definition) is 7. The fraction of sp³-hybridized carbons (Fsp3) is 0.522. The Balaban J connectivity index is 1.81. The Hall–Kier alpha value is -3.67. The summed E-state index contributed by atoms with van der Waals surface area (Å²) in [4.78, 5) is 64.8. The van der Waals surface area contributed by atoms with Crippen molar-refractivity contribution < 1.29 is 34.2 Å². The van der Waals surface area contributed by atoms with E-state index in [2.05, 4.69) is 5.32 Å². The second kappa shape index (κ2) is 11.2. The SMILES string of the molecule is NC(=O)CC(N)C(=O)NC(Cc1ccc(O)cc1)C(=O)N1CCCC1C(=O)N1CCCC1C(=O)O. The van der Waals surface area contributed by atoms with Crippen molar-refractivity contribution in [2.45, 2.75) is 62.7 Å². The van der Waals surface area contributed by atoms with Crippen LogP contribution in [0.3, 0.4) is 0 Å². The Bertz CT molecular complexity index is 983. The molecule has 0 aromatic heterocycles. The number of benzene rings is 1. The number of amides is 4. The lowest BCUT2D eigenvalue weighted by Crippen LogP contribution is -2.57. The van der Waals surface area contributed by atoms with Crippen LogP contribution in [0.1, 0.15) is 37.7 Å². The van der Waals surface area contributed by atoms with Crippen LogP contribution in [-0.4, -0.2) is 86.9 Å². The molecule has 0 saturated carbocycles. The number of nitrogens with zero attached hydrogens (tertiary/aromatic N) is 2. The van der Waals surface area contributed by atoms with E-state index in [1.807, 2.05) is 0 Å². The van der Waals surface area contributed by atoms with Crippen LogP contribution in [0.15, 0.2) is 24.3 Å². The van der Waals surface area contributed by atoms with Crippen LogP contribution < -0.4 is 16.8 Å². The van der Waals surface area contributed by atoms with E-state index in [4.69, 9.17) is 11.5 Å². The standard InChI is InChI=1S/C23H31N5O7/c24-15(12-19(25)30)20(31)26-16(11-13-5-7-14(29)8-6-13)21(32)27-9-1-3-17(27)22(33)28-10-2-4-18(28)23(34)35/h5-8,15-18,29H,1-4,9-12,24H2,(H2,25,30)(H,26,31)(H,34,35). The molecule has 0 radical (unpaired) electrons. The average Bonchev–Trinajstić information content (AvgIpc) is 3.48. The molecule has 0 spiro atoms. The van der Waals surface area contributed by atoms with Crippen LogP contribution >= 0.6 is 0 Å². The zero-order chi connectivity index (χ0) is 25.7. The number of carbonyl (C=O) groups excluding carboxylic acids is 4. The van der Waals surface area contributed by atoms with E-state index in [1.54, 1.807) is 12.1 Å². The van der Waals surface area contributed by atoms with Crippen LogP contribution in [0.2, 0.25) is 0 Å². The van der Waals surface area contributed by atoms with Gasteiger partial charge in [-0.1, -0.05) is 12.1 Å². The van der Waals surface area contributed by atoms with Crippen molar-refractivity contribution in [3.63, 3.8) is 0 Å². The van der Waals surface area contributed by atoms with Crippen molar-refractivity contribution in [1.29, 1.82) is 0 Å². The third kappa shape index (κ3) is 6.27. The molecule has 2 fully saturated rings. The summed E-state index contributed by atoms with van der Waals surface area (Å²) in [7, 11) is 0. The molecule has 2 heterocycles. The normalized spacial score (nSPS) is 21.4. The smallest absolute Gasteiger partial charge is 0.326 e. The summed E-state index contributed by atoms with van der Waals surface area (Å²) in [6.45, 7) is 0.583.